The predicted octanol–water partition coefficient (Wildman–Crippen LogP) is 2.52. The molecule has 3 heterocycles. The van der Waals surface area contributed by atoms with Crippen molar-refractivity contribution >= 4 is 34.0 Å². The third-order valence-electron chi connectivity index (χ3n) is 4.97. The molecule has 1 saturated heterocycles. The van der Waals surface area contributed by atoms with Crippen molar-refractivity contribution in [2.75, 3.05) is 12.9 Å². The Bertz CT molecular complexity index is 1070. The zero-order chi connectivity index (χ0) is 21.1. The number of nitrogens with zero attached hydrogens (tertiary/aromatic N) is 2. The highest BCUT2D eigenvalue weighted by Gasteiger charge is 2.44. The molecular formula is C21H22N4O4S. The van der Waals surface area contributed by atoms with Crippen LogP contribution >= 0.6 is 11.8 Å². The summed E-state index contributed by atoms with van der Waals surface area (Å²) in [6, 6.07) is 13.0. The lowest BCUT2D eigenvalue weighted by Gasteiger charge is -2.15. The fourth-order valence-corrected chi connectivity index (χ4v) is 3.95. The van der Waals surface area contributed by atoms with E-state index in [-0.39, 0.29) is 6.61 Å². The van der Waals surface area contributed by atoms with E-state index in [9.17, 15) is 10.2 Å². The summed E-state index contributed by atoms with van der Waals surface area (Å²) in [5, 5.41) is 29.8. The van der Waals surface area contributed by atoms with Gasteiger partial charge in [-0.2, -0.15) is 0 Å². The number of rotatable bonds is 6. The molecular weight excluding hydrogens is 404 g/mol. The van der Waals surface area contributed by atoms with Gasteiger partial charge in [-0.05, 0) is 36.6 Å². The SMILES string of the molecule is CSC(=NC=N)c1ccc([C@@H]2O[C@H](COc3ccc4cccnc4c3)[C@@H](O)[C@H]2O)[nH]1. The number of aliphatic hydroxyl groups excluding tert-OH is 2. The van der Waals surface area contributed by atoms with Crippen molar-refractivity contribution in [1.29, 1.82) is 5.41 Å². The van der Waals surface area contributed by atoms with Gasteiger partial charge in [-0.1, -0.05) is 6.07 Å². The van der Waals surface area contributed by atoms with Crippen LogP contribution in [0.25, 0.3) is 10.9 Å². The molecule has 0 spiro atoms. The van der Waals surface area contributed by atoms with Gasteiger partial charge in [-0.3, -0.25) is 10.4 Å². The number of hydrogen-bond acceptors (Lipinski definition) is 7. The molecule has 8 nitrogen and oxygen atoms in total. The van der Waals surface area contributed by atoms with E-state index in [2.05, 4.69) is 15.0 Å². The van der Waals surface area contributed by atoms with Crippen LogP contribution in [0.15, 0.2) is 53.7 Å². The van der Waals surface area contributed by atoms with E-state index in [1.54, 1.807) is 12.3 Å². The standard InChI is InChI=1S/C21H22N4O4S/c1-30-21(24-11-22)15-7-6-14(25-15)20-19(27)18(26)17(29-20)10-28-13-5-4-12-3-2-8-23-16(12)9-13/h2-9,11,17-20,22,25-27H,10H2,1H3/t17-,18-,19-,20+/m1/s1. The zero-order valence-electron chi connectivity index (χ0n) is 16.2. The largest absolute Gasteiger partial charge is 0.491 e. The lowest BCUT2D eigenvalue weighted by atomic mass is 10.1. The summed E-state index contributed by atoms with van der Waals surface area (Å²) in [5.74, 6) is 0.615. The van der Waals surface area contributed by atoms with E-state index < -0.39 is 24.4 Å². The molecule has 3 aromatic rings. The Kier molecular flexibility index (Phi) is 6.14. The van der Waals surface area contributed by atoms with E-state index in [4.69, 9.17) is 14.9 Å². The van der Waals surface area contributed by atoms with Crippen LogP contribution in [-0.2, 0) is 4.74 Å². The van der Waals surface area contributed by atoms with Crippen LogP contribution in [0.2, 0.25) is 0 Å². The predicted molar refractivity (Wildman–Crippen MR) is 116 cm³/mol. The summed E-state index contributed by atoms with van der Waals surface area (Å²) in [6.45, 7) is 0.0892. The minimum atomic E-state index is -1.10. The molecule has 30 heavy (non-hydrogen) atoms. The van der Waals surface area contributed by atoms with Crippen molar-refractivity contribution in [3.8, 4) is 5.75 Å². The van der Waals surface area contributed by atoms with Gasteiger partial charge in [0.2, 0.25) is 0 Å². The zero-order valence-corrected chi connectivity index (χ0v) is 17.0. The van der Waals surface area contributed by atoms with Crippen LogP contribution in [0.5, 0.6) is 5.75 Å². The van der Waals surface area contributed by atoms with Gasteiger partial charge < -0.3 is 24.7 Å². The van der Waals surface area contributed by atoms with Gasteiger partial charge >= 0.3 is 0 Å². The van der Waals surface area contributed by atoms with Crippen LogP contribution < -0.4 is 4.74 Å². The van der Waals surface area contributed by atoms with Gasteiger partial charge in [0.1, 0.15) is 48.2 Å². The molecule has 1 aromatic carbocycles. The van der Waals surface area contributed by atoms with Gasteiger partial charge in [-0.15, -0.1) is 11.8 Å². The maximum absolute atomic E-state index is 10.5. The topological polar surface area (TPSA) is 124 Å². The Balaban J connectivity index is 1.44. The molecule has 156 valence electrons. The number of aliphatic hydroxyl groups is 2. The van der Waals surface area contributed by atoms with Crippen LogP contribution in [0.3, 0.4) is 0 Å². The Morgan fingerprint density at radius 3 is 2.97 bits per heavy atom. The fourth-order valence-electron chi connectivity index (χ4n) is 3.45. The van der Waals surface area contributed by atoms with Gasteiger partial charge in [-0.25, -0.2) is 4.99 Å². The summed E-state index contributed by atoms with van der Waals surface area (Å²) < 4.78 is 11.7. The number of thioether (sulfide) groups is 1. The van der Waals surface area contributed by atoms with Crippen molar-refractivity contribution in [1.82, 2.24) is 9.97 Å². The normalized spacial score (nSPS) is 24.3. The Labute approximate surface area is 177 Å². The van der Waals surface area contributed by atoms with E-state index in [1.165, 1.54) is 11.8 Å². The number of aliphatic imine (C=N–C) groups is 1. The summed E-state index contributed by atoms with van der Waals surface area (Å²) in [6.07, 6.45) is 0.971. The molecule has 0 radical (unpaired) electrons. The second kappa shape index (κ2) is 8.97. The van der Waals surface area contributed by atoms with E-state index >= 15 is 0 Å². The number of hydrogen-bond donors (Lipinski definition) is 4. The maximum atomic E-state index is 10.5. The lowest BCUT2D eigenvalue weighted by molar-refractivity contribution is -0.0180. The first-order valence-corrected chi connectivity index (χ1v) is 10.6. The lowest BCUT2D eigenvalue weighted by Crippen LogP contribution is -2.34. The molecule has 4 rings (SSSR count). The van der Waals surface area contributed by atoms with Gasteiger partial charge in [0.25, 0.3) is 0 Å². The molecule has 0 aliphatic carbocycles. The summed E-state index contributed by atoms with van der Waals surface area (Å²) in [4.78, 5) is 11.5. The second-order valence-corrected chi connectivity index (χ2v) is 7.64. The quantitative estimate of drug-likeness (QED) is 0.355. The minimum absolute atomic E-state index is 0.0892. The first kappa shape index (κ1) is 20.5. The van der Waals surface area contributed by atoms with Crippen molar-refractivity contribution < 1.29 is 19.7 Å². The van der Waals surface area contributed by atoms with Gasteiger partial charge in [0, 0.05) is 23.3 Å². The van der Waals surface area contributed by atoms with Crippen molar-refractivity contribution in [2.24, 2.45) is 4.99 Å². The molecule has 1 aliphatic rings. The Hall–Kier alpha value is -2.72. The van der Waals surface area contributed by atoms with Crippen molar-refractivity contribution in [3.05, 3.63) is 60.0 Å². The number of fused-ring (bicyclic) bond motifs is 1. The molecule has 0 saturated carbocycles. The van der Waals surface area contributed by atoms with Crippen LogP contribution in [0, 0.1) is 5.41 Å². The Morgan fingerprint density at radius 2 is 2.17 bits per heavy atom. The first-order valence-electron chi connectivity index (χ1n) is 9.40. The third-order valence-corrected chi connectivity index (χ3v) is 5.69. The second-order valence-electron chi connectivity index (χ2n) is 6.84. The molecule has 4 N–H and O–H groups in total. The Morgan fingerprint density at radius 1 is 1.30 bits per heavy atom. The van der Waals surface area contributed by atoms with Crippen LogP contribution in [0.1, 0.15) is 17.5 Å². The number of pyridine rings is 1. The third kappa shape index (κ3) is 4.10. The highest BCUT2D eigenvalue weighted by molar-refractivity contribution is 8.13. The van der Waals surface area contributed by atoms with E-state index in [1.807, 2.05) is 42.7 Å². The molecule has 0 bridgehead atoms. The minimum Gasteiger partial charge on any atom is -0.491 e. The van der Waals surface area contributed by atoms with Crippen molar-refractivity contribution in [3.63, 3.8) is 0 Å². The maximum Gasteiger partial charge on any atom is 0.126 e. The van der Waals surface area contributed by atoms with Crippen LogP contribution in [-0.4, -0.2) is 62.7 Å². The molecule has 4 atom stereocenters. The fraction of sp³-hybridized carbons (Fsp3) is 0.286. The molecule has 1 fully saturated rings. The molecule has 9 heteroatoms. The number of ether oxygens (including phenoxy) is 2. The number of nitrogens with one attached hydrogen (secondary N) is 2. The highest BCUT2D eigenvalue weighted by atomic mass is 32.2. The molecule has 0 amide bonds. The average molecular weight is 426 g/mol. The summed E-state index contributed by atoms with van der Waals surface area (Å²) in [5.41, 5.74) is 2.16. The monoisotopic (exact) mass is 426 g/mol. The summed E-state index contributed by atoms with van der Waals surface area (Å²) in [7, 11) is 0. The number of benzene rings is 1. The molecule has 0 unspecified atom stereocenters. The van der Waals surface area contributed by atoms with Gasteiger partial charge in [0.05, 0.1) is 11.2 Å². The summed E-state index contributed by atoms with van der Waals surface area (Å²) >= 11 is 1.40. The van der Waals surface area contributed by atoms with Crippen molar-refractivity contribution in [2.45, 2.75) is 24.4 Å². The van der Waals surface area contributed by atoms with Crippen LogP contribution in [0.4, 0.5) is 0 Å². The number of aromatic amines is 1. The smallest absolute Gasteiger partial charge is 0.126 e. The van der Waals surface area contributed by atoms with E-state index in [0.29, 0.717) is 16.5 Å². The first-order chi connectivity index (χ1) is 14.6. The van der Waals surface area contributed by atoms with E-state index in [0.717, 1.165) is 22.9 Å². The average Bonchev–Trinajstić information content (AvgIpc) is 3.36. The number of aromatic nitrogens is 2. The molecule has 1 aliphatic heterocycles. The highest BCUT2D eigenvalue weighted by Crippen LogP contribution is 2.34. The number of H-pyrrole nitrogens is 1. The molecule has 2 aromatic heterocycles. The van der Waals surface area contributed by atoms with Gasteiger partial charge in [0.15, 0.2) is 0 Å².